The minimum atomic E-state index is -0.0149. The van der Waals surface area contributed by atoms with Gasteiger partial charge in [-0.25, -0.2) is 0 Å². The Balaban J connectivity index is 1.30. The second-order valence-corrected chi connectivity index (χ2v) is 6.62. The molecule has 0 unspecified atom stereocenters. The van der Waals surface area contributed by atoms with Crippen molar-refractivity contribution in [2.75, 3.05) is 25.0 Å². The summed E-state index contributed by atoms with van der Waals surface area (Å²) >= 11 is 0. The van der Waals surface area contributed by atoms with Crippen molar-refractivity contribution in [3.63, 3.8) is 0 Å². The number of aryl methyl sites for hydroxylation is 1. The van der Waals surface area contributed by atoms with Crippen LogP contribution in [-0.2, 0) is 4.79 Å². The number of anilines is 1. The van der Waals surface area contributed by atoms with Crippen molar-refractivity contribution >= 4 is 11.6 Å². The highest BCUT2D eigenvalue weighted by Gasteiger charge is 2.33. The predicted molar refractivity (Wildman–Crippen MR) is 95.7 cm³/mol. The van der Waals surface area contributed by atoms with Crippen LogP contribution >= 0.6 is 0 Å². The van der Waals surface area contributed by atoms with Crippen LogP contribution in [0.4, 0.5) is 5.69 Å². The van der Waals surface area contributed by atoms with E-state index in [-0.39, 0.29) is 11.8 Å². The number of benzene rings is 1. The maximum absolute atomic E-state index is 12.3. The summed E-state index contributed by atoms with van der Waals surface area (Å²) in [7, 11) is 0. The molecule has 1 amide bonds. The van der Waals surface area contributed by atoms with Crippen LogP contribution in [0.5, 0.6) is 0 Å². The van der Waals surface area contributed by atoms with Gasteiger partial charge in [-0.3, -0.25) is 9.69 Å². The highest BCUT2D eigenvalue weighted by molar-refractivity contribution is 5.93. The van der Waals surface area contributed by atoms with Gasteiger partial charge in [-0.05, 0) is 43.2 Å². The Morgan fingerprint density at radius 2 is 2.12 bits per heavy atom. The van der Waals surface area contributed by atoms with Crippen molar-refractivity contribution in [3.8, 4) is 11.6 Å². The fourth-order valence-electron chi connectivity index (χ4n) is 3.04. The number of carbonyl (C=O) groups is 1. The molecule has 0 bridgehead atoms. The molecule has 1 aromatic carbocycles. The van der Waals surface area contributed by atoms with E-state index in [4.69, 9.17) is 8.94 Å². The lowest BCUT2D eigenvalue weighted by atomic mass is 10.0. The summed E-state index contributed by atoms with van der Waals surface area (Å²) in [6.07, 6.45) is 1.57. The number of furan rings is 1. The molecule has 134 valence electrons. The number of nitrogens with one attached hydrogen (secondary N) is 1. The Morgan fingerprint density at radius 1 is 1.27 bits per heavy atom. The first-order chi connectivity index (χ1) is 12.6. The molecule has 4 rings (SSSR count). The molecule has 3 heterocycles. The Kier molecular flexibility index (Phi) is 4.30. The molecule has 3 aromatic rings. The molecule has 7 nitrogen and oxygen atoms in total. The monoisotopic (exact) mass is 352 g/mol. The van der Waals surface area contributed by atoms with Crippen LogP contribution in [-0.4, -0.2) is 40.6 Å². The molecule has 0 atom stereocenters. The molecule has 7 heteroatoms. The van der Waals surface area contributed by atoms with Crippen LogP contribution in [0, 0.1) is 13.8 Å². The summed E-state index contributed by atoms with van der Waals surface area (Å²) in [6.45, 7) is 5.84. The lowest BCUT2D eigenvalue weighted by Gasteiger charge is -2.36. The van der Waals surface area contributed by atoms with Crippen molar-refractivity contribution in [1.82, 2.24) is 15.0 Å². The number of amides is 1. The predicted octanol–water partition coefficient (Wildman–Crippen LogP) is 2.98. The lowest BCUT2D eigenvalue weighted by molar-refractivity contribution is -0.118. The summed E-state index contributed by atoms with van der Waals surface area (Å²) in [6, 6.07) is 9.48. The zero-order valence-corrected chi connectivity index (χ0v) is 14.7. The highest BCUT2D eigenvalue weighted by atomic mass is 16.5. The van der Waals surface area contributed by atoms with Crippen molar-refractivity contribution < 1.29 is 13.7 Å². The van der Waals surface area contributed by atoms with E-state index in [1.807, 2.05) is 32.0 Å². The third-order valence-corrected chi connectivity index (χ3v) is 4.74. The van der Waals surface area contributed by atoms with Crippen molar-refractivity contribution in [2.45, 2.75) is 19.8 Å². The van der Waals surface area contributed by atoms with Gasteiger partial charge in [0.15, 0.2) is 5.76 Å². The molecule has 1 aliphatic rings. The molecule has 0 aliphatic carbocycles. The number of nitrogens with zero attached hydrogens (tertiary/aromatic N) is 3. The molecular formula is C19H20N4O3. The van der Waals surface area contributed by atoms with E-state index in [0.717, 1.165) is 29.9 Å². The molecule has 0 saturated carbocycles. The SMILES string of the molecule is Cc1cccc(NC(=O)CN2CC(c3nc(-c4ccco4)no3)C2)c1C. The van der Waals surface area contributed by atoms with Crippen LogP contribution in [0.1, 0.15) is 22.9 Å². The number of hydrogen-bond acceptors (Lipinski definition) is 6. The van der Waals surface area contributed by atoms with Gasteiger partial charge >= 0.3 is 0 Å². The van der Waals surface area contributed by atoms with Crippen molar-refractivity contribution in [3.05, 3.63) is 53.6 Å². The van der Waals surface area contributed by atoms with Gasteiger partial charge in [0.25, 0.3) is 0 Å². The number of hydrogen-bond donors (Lipinski definition) is 1. The Bertz CT molecular complexity index is 911. The van der Waals surface area contributed by atoms with Gasteiger partial charge in [0.05, 0.1) is 18.7 Å². The lowest BCUT2D eigenvalue weighted by Crippen LogP contribution is -2.48. The highest BCUT2D eigenvalue weighted by Crippen LogP contribution is 2.27. The van der Waals surface area contributed by atoms with E-state index < -0.39 is 0 Å². The Morgan fingerprint density at radius 3 is 2.88 bits per heavy atom. The Hall–Kier alpha value is -2.93. The first-order valence-electron chi connectivity index (χ1n) is 8.56. The summed E-state index contributed by atoms with van der Waals surface area (Å²) in [5.74, 6) is 1.77. The van der Waals surface area contributed by atoms with E-state index >= 15 is 0 Å². The largest absolute Gasteiger partial charge is 0.461 e. The second kappa shape index (κ2) is 6.76. The fraction of sp³-hybridized carbons (Fsp3) is 0.316. The van der Waals surface area contributed by atoms with Gasteiger partial charge in [-0.2, -0.15) is 4.98 Å². The first kappa shape index (κ1) is 16.5. The third kappa shape index (κ3) is 3.25. The molecule has 1 N–H and O–H groups in total. The van der Waals surface area contributed by atoms with Gasteiger partial charge in [-0.15, -0.1) is 0 Å². The topological polar surface area (TPSA) is 84.4 Å². The van der Waals surface area contributed by atoms with E-state index in [1.165, 1.54) is 0 Å². The van der Waals surface area contributed by atoms with Gasteiger partial charge < -0.3 is 14.3 Å². The van der Waals surface area contributed by atoms with E-state index in [0.29, 0.717) is 24.0 Å². The molecule has 1 saturated heterocycles. The number of rotatable bonds is 5. The average Bonchev–Trinajstić information content (AvgIpc) is 3.25. The minimum absolute atomic E-state index is 0.0149. The normalized spacial score (nSPS) is 15.0. The van der Waals surface area contributed by atoms with E-state index in [9.17, 15) is 4.79 Å². The summed E-state index contributed by atoms with van der Waals surface area (Å²) in [5, 5.41) is 6.93. The summed E-state index contributed by atoms with van der Waals surface area (Å²) in [5.41, 5.74) is 3.13. The van der Waals surface area contributed by atoms with Crippen LogP contribution in [0.25, 0.3) is 11.6 Å². The number of carbonyl (C=O) groups excluding carboxylic acids is 1. The summed E-state index contributed by atoms with van der Waals surface area (Å²) < 4.78 is 10.6. The fourth-order valence-corrected chi connectivity index (χ4v) is 3.04. The molecule has 0 radical (unpaired) electrons. The minimum Gasteiger partial charge on any atom is -0.461 e. The van der Waals surface area contributed by atoms with Gasteiger partial charge in [0.2, 0.25) is 17.6 Å². The Labute approximate surface area is 151 Å². The van der Waals surface area contributed by atoms with Gasteiger partial charge in [0.1, 0.15) is 0 Å². The molecular weight excluding hydrogens is 332 g/mol. The van der Waals surface area contributed by atoms with E-state index in [1.54, 1.807) is 18.4 Å². The van der Waals surface area contributed by atoms with Crippen LogP contribution < -0.4 is 5.32 Å². The molecule has 1 aliphatic heterocycles. The molecule has 0 spiro atoms. The van der Waals surface area contributed by atoms with Crippen molar-refractivity contribution in [2.24, 2.45) is 0 Å². The summed E-state index contributed by atoms with van der Waals surface area (Å²) in [4.78, 5) is 18.7. The zero-order valence-electron chi connectivity index (χ0n) is 14.7. The van der Waals surface area contributed by atoms with Crippen LogP contribution in [0.15, 0.2) is 45.5 Å². The quantitative estimate of drug-likeness (QED) is 0.760. The van der Waals surface area contributed by atoms with E-state index in [2.05, 4.69) is 20.4 Å². The molecule has 1 fully saturated rings. The van der Waals surface area contributed by atoms with Crippen LogP contribution in [0.3, 0.4) is 0 Å². The van der Waals surface area contributed by atoms with Gasteiger partial charge in [-0.1, -0.05) is 17.3 Å². The zero-order chi connectivity index (χ0) is 18.1. The second-order valence-electron chi connectivity index (χ2n) is 6.62. The average molecular weight is 352 g/mol. The maximum Gasteiger partial charge on any atom is 0.238 e. The molecule has 26 heavy (non-hydrogen) atoms. The first-order valence-corrected chi connectivity index (χ1v) is 8.56. The smallest absolute Gasteiger partial charge is 0.238 e. The van der Waals surface area contributed by atoms with Crippen molar-refractivity contribution in [1.29, 1.82) is 0 Å². The standard InChI is InChI=1S/C19H20N4O3/c1-12-5-3-6-15(13(12)2)20-17(24)11-23-9-14(10-23)19-21-18(22-26-19)16-7-4-8-25-16/h3-8,14H,9-11H2,1-2H3,(H,20,24). The number of likely N-dealkylation sites (tertiary alicyclic amines) is 1. The van der Waals surface area contributed by atoms with Crippen LogP contribution in [0.2, 0.25) is 0 Å². The maximum atomic E-state index is 12.3. The number of aromatic nitrogens is 2. The third-order valence-electron chi connectivity index (χ3n) is 4.74. The molecule has 2 aromatic heterocycles. The van der Waals surface area contributed by atoms with Gasteiger partial charge in [0, 0.05) is 18.8 Å².